The van der Waals surface area contributed by atoms with Gasteiger partial charge in [0, 0.05) is 17.5 Å². The summed E-state index contributed by atoms with van der Waals surface area (Å²) in [4.78, 5) is 3.72. The lowest BCUT2D eigenvalue weighted by atomic mass is 10.1. The maximum atomic E-state index is 3.62. The van der Waals surface area contributed by atoms with E-state index in [1.807, 2.05) is 11.3 Å². The lowest BCUT2D eigenvalue weighted by Gasteiger charge is -2.26. The topological polar surface area (TPSA) is 15.3 Å². The Kier molecular flexibility index (Phi) is 5.46. The van der Waals surface area contributed by atoms with Gasteiger partial charge < -0.3 is 10.2 Å². The predicted octanol–water partition coefficient (Wildman–Crippen LogP) is 2.98. The van der Waals surface area contributed by atoms with Gasteiger partial charge in [-0.15, -0.1) is 11.3 Å². The highest BCUT2D eigenvalue weighted by atomic mass is 32.1. The van der Waals surface area contributed by atoms with Crippen molar-refractivity contribution in [3.63, 3.8) is 0 Å². The van der Waals surface area contributed by atoms with Crippen molar-refractivity contribution in [3.05, 3.63) is 22.4 Å². The van der Waals surface area contributed by atoms with E-state index in [4.69, 9.17) is 0 Å². The smallest absolute Gasteiger partial charge is 0.0561 e. The van der Waals surface area contributed by atoms with Crippen molar-refractivity contribution in [2.24, 2.45) is 5.92 Å². The molecule has 0 saturated carbocycles. The van der Waals surface area contributed by atoms with Gasteiger partial charge >= 0.3 is 0 Å². The lowest BCUT2D eigenvalue weighted by molar-refractivity contribution is 0.275. The molecule has 92 valence electrons. The van der Waals surface area contributed by atoms with E-state index in [0.29, 0.717) is 18.0 Å². The Labute approximate surface area is 104 Å². The van der Waals surface area contributed by atoms with Crippen LogP contribution in [0, 0.1) is 5.92 Å². The summed E-state index contributed by atoms with van der Waals surface area (Å²) in [5, 5.41) is 5.77. The van der Waals surface area contributed by atoms with Crippen molar-refractivity contribution in [3.8, 4) is 0 Å². The fourth-order valence-electron chi connectivity index (χ4n) is 1.55. The monoisotopic (exact) mass is 240 g/mol. The highest BCUT2D eigenvalue weighted by Gasteiger charge is 2.16. The van der Waals surface area contributed by atoms with Gasteiger partial charge in [-0.25, -0.2) is 0 Å². The van der Waals surface area contributed by atoms with Crippen LogP contribution in [0.2, 0.25) is 0 Å². The van der Waals surface area contributed by atoms with Gasteiger partial charge in [0.05, 0.1) is 6.04 Å². The number of rotatable bonds is 6. The number of nitrogens with zero attached hydrogens (tertiary/aromatic N) is 1. The normalized spacial score (nSPS) is 15.7. The van der Waals surface area contributed by atoms with Gasteiger partial charge in [-0.2, -0.15) is 0 Å². The molecule has 0 spiro atoms. The average Bonchev–Trinajstić information content (AvgIpc) is 2.70. The summed E-state index contributed by atoms with van der Waals surface area (Å²) in [6, 6.07) is 5.41. The number of hydrogen-bond acceptors (Lipinski definition) is 3. The molecular formula is C13H24N2S. The van der Waals surface area contributed by atoms with Crippen LogP contribution in [-0.4, -0.2) is 31.6 Å². The molecule has 0 aromatic carbocycles. The summed E-state index contributed by atoms with van der Waals surface area (Å²) >= 11 is 1.84. The van der Waals surface area contributed by atoms with Crippen molar-refractivity contribution in [1.29, 1.82) is 0 Å². The molecule has 2 nitrogen and oxygen atoms in total. The van der Waals surface area contributed by atoms with Gasteiger partial charge in [0.2, 0.25) is 0 Å². The zero-order chi connectivity index (χ0) is 12.1. The molecule has 0 aliphatic heterocycles. The maximum Gasteiger partial charge on any atom is 0.0561 e. The first-order valence-electron chi connectivity index (χ1n) is 5.95. The minimum Gasteiger partial charge on any atom is -0.312 e. The molecule has 0 radical (unpaired) electrons. The van der Waals surface area contributed by atoms with Crippen LogP contribution in [0.4, 0.5) is 0 Å². The molecule has 0 aliphatic rings. The fourth-order valence-corrected chi connectivity index (χ4v) is 2.47. The quantitative estimate of drug-likeness (QED) is 0.822. The molecule has 0 amide bonds. The molecule has 1 N–H and O–H groups in total. The molecule has 16 heavy (non-hydrogen) atoms. The molecule has 0 aliphatic carbocycles. The SMILES string of the molecule is CC(C)C(C)NCC(c1cccs1)N(C)C. The van der Waals surface area contributed by atoms with E-state index in [-0.39, 0.29) is 0 Å². The van der Waals surface area contributed by atoms with E-state index >= 15 is 0 Å². The Morgan fingerprint density at radius 3 is 2.44 bits per heavy atom. The van der Waals surface area contributed by atoms with Crippen LogP contribution >= 0.6 is 11.3 Å². The lowest BCUT2D eigenvalue weighted by Crippen LogP contribution is -2.37. The maximum absolute atomic E-state index is 3.62. The van der Waals surface area contributed by atoms with Crippen LogP contribution in [0.5, 0.6) is 0 Å². The van der Waals surface area contributed by atoms with Crippen LogP contribution in [0.25, 0.3) is 0 Å². The highest BCUT2D eigenvalue weighted by Crippen LogP contribution is 2.22. The molecule has 1 heterocycles. The van der Waals surface area contributed by atoms with Crippen LogP contribution < -0.4 is 5.32 Å². The fraction of sp³-hybridized carbons (Fsp3) is 0.692. The Morgan fingerprint density at radius 1 is 1.31 bits per heavy atom. The third-order valence-corrected chi connectivity index (χ3v) is 4.10. The standard InChI is InChI=1S/C13H24N2S/c1-10(2)11(3)14-9-12(15(4)5)13-7-6-8-16-13/h6-8,10-12,14H,9H2,1-5H3. The Balaban J connectivity index is 2.53. The second kappa shape index (κ2) is 6.38. The summed E-state index contributed by atoms with van der Waals surface area (Å²) in [6.07, 6.45) is 0. The van der Waals surface area contributed by atoms with Gasteiger partial charge in [-0.05, 0) is 38.4 Å². The molecule has 0 bridgehead atoms. The van der Waals surface area contributed by atoms with E-state index < -0.39 is 0 Å². The summed E-state index contributed by atoms with van der Waals surface area (Å²) < 4.78 is 0. The van der Waals surface area contributed by atoms with Crippen LogP contribution in [-0.2, 0) is 0 Å². The third kappa shape index (κ3) is 3.89. The van der Waals surface area contributed by atoms with E-state index in [0.717, 1.165) is 6.54 Å². The first-order valence-corrected chi connectivity index (χ1v) is 6.83. The first-order chi connectivity index (χ1) is 7.52. The highest BCUT2D eigenvalue weighted by molar-refractivity contribution is 7.10. The van der Waals surface area contributed by atoms with Crippen molar-refractivity contribution in [2.45, 2.75) is 32.9 Å². The van der Waals surface area contributed by atoms with E-state index in [1.54, 1.807) is 0 Å². The van der Waals surface area contributed by atoms with Gasteiger partial charge in [-0.1, -0.05) is 19.9 Å². The summed E-state index contributed by atoms with van der Waals surface area (Å²) in [7, 11) is 4.29. The molecule has 1 rings (SSSR count). The summed E-state index contributed by atoms with van der Waals surface area (Å²) in [5.41, 5.74) is 0. The summed E-state index contributed by atoms with van der Waals surface area (Å²) in [5.74, 6) is 0.686. The van der Waals surface area contributed by atoms with Crippen LogP contribution in [0.3, 0.4) is 0 Å². The molecule has 2 unspecified atom stereocenters. The zero-order valence-electron chi connectivity index (χ0n) is 11.0. The van der Waals surface area contributed by atoms with Crippen molar-refractivity contribution < 1.29 is 0 Å². The van der Waals surface area contributed by atoms with Gasteiger partial charge in [0.25, 0.3) is 0 Å². The molecule has 0 saturated heterocycles. The van der Waals surface area contributed by atoms with E-state index in [1.165, 1.54) is 4.88 Å². The predicted molar refractivity (Wildman–Crippen MR) is 73.0 cm³/mol. The second-order valence-corrected chi connectivity index (χ2v) is 5.92. The van der Waals surface area contributed by atoms with Gasteiger partial charge in [0.15, 0.2) is 0 Å². The number of hydrogen-bond donors (Lipinski definition) is 1. The molecule has 1 aromatic rings. The third-order valence-electron chi connectivity index (χ3n) is 3.13. The molecule has 0 fully saturated rings. The number of likely N-dealkylation sites (N-methyl/N-ethyl adjacent to an activating group) is 1. The Bertz CT molecular complexity index is 280. The summed E-state index contributed by atoms with van der Waals surface area (Å²) in [6.45, 7) is 7.79. The van der Waals surface area contributed by atoms with Crippen LogP contribution in [0.1, 0.15) is 31.7 Å². The molecule has 2 atom stereocenters. The Hall–Kier alpha value is -0.380. The molecule has 3 heteroatoms. The zero-order valence-corrected chi connectivity index (χ0v) is 11.8. The van der Waals surface area contributed by atoms with Crippen molar-refractivity contribution in [2.75, 3.05) is 20.6 Å². The minimum absolute atomic E-state index is 0.487. The second-order valence-electron chi connectivity index (χ2n) is 4.94. The first kappa shape index (κ1) is 13.7. The van der Waals surface area contributed by atoms with Gasteiger partial charge in [0.1, 0.15) is 0 Å². The van der Waals surface area contributed by atoms with Crippen LogP contribution in [0.15, 0.2) is 17.5 Å². The minimum atomic E-state index is 0.487. The largest absolute Gasteiger partial charge is 0.312 e. The average molecular weight is 240 g/mol. The van der Waals surface area contributed by atoms with E-state index in [2.05, 4.69) is 62.6 Å². The molecule has 1 aromatic heterocycles. The Morgan fingerprint density at radius 2 is 2.00 bits per heavy atom. The van der Waals surface area contributed by atoms with Crippen molar-refractivity contribution in [1.82, 2.24) is 10.2 Å². The number of thiophene rings is 1. The van der Waals surface area contributed by atoms with Gasteiger partial charge in [-0.3, -0.25) is 0 Å². The van der Waals surface area contributed by atoms with E-state index in [9.17, 15) is 0 Å². The molecular weight excluding hydrogens is 216 g/mol. The number of nitrogens with one attached hydrogen (secondary N) is 1. The van der Waals surface area contributed by atoms with Crippen molar-refractivity contribution >= 4 is 11.3 Å².